The second kappa shape index (κ2) is 6.90. The van der Waals surface area contributed by atoms with Gasteiger partial charge in [0.25, 0.3) is 0 Å². The van der Waals surface area contributed by atoms with E-state index in [1.807, 2.05) is 59.2 Å². The van der Waals surface area contributed by atoms with Gasteiger partial charge in [-0.3, -0.25) is 4.57 Å². The van der Waals surface area contributed by atoms with E-state index in [1.165, 1.54) is 0 Å². The first-order valence-corrected chi connectivity index (χ1v) is 10.7. The van der Waals surface area contributed by atoms with Gasteiger partial charge in [-0.05, 0) is 24.3 Å². The van der Waals surface area contributed by atoms with Crippen LogP contribution in [-0.4, -0.2) is 24.5 Å². The van der Waals surface area contributed by atoms with Gasteiger partial charge in [0.1, 0.15) is 5.52 Å². The lowest BCUT2D eigenvalue weighted by Gasteiger charge is -2.10. The second-order valence-electron chi connectivity index (χ2n) is 6.91. The van der Waals surface area contributed by atoms with Gasteiger partial charge in [-0.25, -0.2) is 19.9 Å². The summed E-state index contributed by atoms with van der Waals surface area (Å²) in [4.78, 5) is 18.9. The summed E-state index contributed by atoms with van der Waals surface area (Å²) in [5.41, 5.74) is 4.70. The Morgan fingerprint density at radius 3 is 1.84 bits per heavy atom. The Kier molecular flexibility index (Phi) is 4.24. The molecule has 150 valence electrons. The standard InChI is InChI=1S/C22H9Cl4N5/c23-14-13-18-22(30-21-20(29-18)27-11-8-4-5-9-12(11)28-21)31(10-6-2-1-3-7-10)19(13)17(26)16(25)15(14)24/h1-9H. The maximum Gasteiger partial charge on any atom is 0.200 e. The van der Waals surface area contributed by atoms with Crippen LogP contribution in [0.25, 0.3) is 50.1 Å². The third kappa shape index (κ3) is 2.71. The van der Waals surface area contributed by atoms with Crippen molar-refractivity contribution < 1.29 is 0 Å². The lowest BCUT2D eigenvalue weighted by Crippen LogP contribution is -1.99. The minimum Gasteiger partial charge on any atom is -0.291 e. The third-order valence-corrected chi connectivity index (χ3v) is 6.90. The van der Waals surface area contributed by atoms with Crippen molar-refractivity contribution in [2.24, 2.45) is 0 Å². The van der Waals surface area contributed by atoms with E-state index in [0.29, 0.717) is 33.4 Å². The zero-order chi connectivity index (χ0) is 21.3. The molecule has 0 aliphatic carbocycles. The molecule has 0 saturated carbocycles. The lowest BCUT2D eigenvalue weighted by atomic mass is 10.2. The molecule has 0 bridgehead atoms. The summed E-state index contributed by atoms with van der Waals surface area (Å²) >= 11 is 26.1. The molecule has 9 heteroatoms. The Bertz CT molecular complexity index is 1680. The van der Waals surface area contributed by atoms with E-state index in [9.17, 15) is 0 Å². The molecule has 0 aliphatic heterocycles. The third-order valence-electron chi connectivity index (χ3n) is 5.10. The van der Waals surface area contributed by atoms with Crippen LogP contribution in [0.1, 0.15) is 0 Å². The average molecular weight is 485 g/mol. The maximum atomic E-state index is 6.66. The predicted molar refractivity (Wildman–Crippen MR) is 127 cm³/mol. The Labute approximate surface area is 195 Å². The van der Waals surface area contributed by atoms with Crippen molar-refractivity contribution in [3.05, 3.63) is 74.7 Å². The van der Waals surface area contributed by atoms with Crippen molar-refractivity contribution in [2.45, 2.75) is 0 Å². The fourth-order valence-corrected chi connectivity index (χ4v) is 4.76. The van der Waals surface area contributed by atoms with E-state index in [4.69, 9.17) is 56.4 Å². The molecule has 0 amide bonds. The number of hydrogen-bond acceptors (Lipinski definition) is 4. The van der Waals surface area contributed by atoms with Gasteiger partial charge in [-0.2, -0.15) is 0 Å². The zero-order valence-corrected chi connectivity index (χ0v) is 18.5. The van der Waals surface area contributed by atoms with E-state index < -0.39 is 0 Å². The van der Waals surface area contributed by atoms with E-state index in [1.54, 1.807) is 0 Å². The van der Waals surface area contributed by atoms with E-state index >= 15 is 0 Å². The highest BCUT2D eigenvalue weighted by Crippen LogP contribution is 2.47. The van der Waals surface area contributed by atoms with Gasteiger partial charge in [0.05, 0.1) is 42.0 Å². The van der Waals surface area contributed by atoms with Gasteiger partial charge < -0.3 is 0 Å². The fourth-order valence-electron chi connectivity index (χ4n) is 3.74. The molecule has 0 aliphatic rings. The van der Waals surface area contributed by atoms with Crippen molar-refractivity contribution >= 4 is 90.8 Å². The van der Waals surface area contributed by atoms with Crippen LogP contribution in [0.4, 0.5) is 0 Å². The molecule has 31 heavy (non-hydrogen) atoms. The summed E-state index contributed by atoms with van der Waals surface area (Å²) in [6.45, 7) is 0. The number of nitrogens with zero attached hydrogens (tertiary/aromatic N) is 5. The Balaban J connectivity index is 1.89. The molecular formula is C22H9Cl4N5. The van der Waals surface area contributed by atoms with Crippen molar-refractivity contribution in [2.75, 3.05) is 0 Å². The van der Waals surface area contributed by atoms with Crippen LogP contribution in [0, 0.1) is 0 Å². The van der Waals surface area contributed by atoms with Crippen LogP contribution in [0.3, 0.4) is 0 Å². The maximum absolute atomic E-state index is 6.66. The predicted octanol–water partition coefficient (Wildman–Crippen LogP) is 7.28. The highest BCUT2D eigenvalue weighted by molar-refractivity contribution is 6.56. The Morgan fingerprint density at radius 2 is 1.16 bits per heavy atom. The highest BCUT2D eigenvalue weighted by Gasteiger charge is 2.25. The molecule has 0 spiro atoms. The first-order chi connectivity index (χ1) is 15.0. The van der Waals surface area contributed by atoms with Crippen molar-refractivity contribution in [3.63, 3.8) is 0 Å². The number of rotatable bonds is 1. The summed E-state index contributed by atoms with van der Waals surface area (Å²) < 4.78 is 1.87. The van der Waals surface area contributed by atoms with Gasteiger partial charge in [0, 0.05) is 5.69 Å². The number of fused-ring (bicyclic) bond motifs is 5. The first kappa shape index (κ1) is 19.0. The van der Waals surface area contributed by atoms with Crippen molar-refractivity contribution in [1.82, 2.24) is 24.5 Å². The first-order valence-electron chi connectivity index (χ1n) is 9.20. The molecule has 0 unspecified atom stereocenters. The summed E-state index contributed by atoms with van der Waals surface area (Å²) in [7, 11) is 0. The topological polar surface area (TPSA) is 56.5 Å². The molecule has 0 N–H and O–H groups in total. The smallest absolute Gasteiger partial charge is 0.200 e. The van der Waals surface area contributed by atoms with Crippen LogP contribution >= 0.6 is 46.4 Å². The van der Waals surface area contributed by atoms with E-state index in [0.717, 1.165) is 16.7 Å². The van der Waals surface area contributed by atoms with Gasteiger partial charge >= 0.3 is 0 Å². The number of benzene rings is 3. The van der Waals surface area contributed by atoms with Gasteiger partial charge in [-0.1, -0.05) is 76.7 Å². The average Bonchev–Trinajstić information content (AvgIpc) is 3.13. The number of halogens is 4. The molecule has 0 saturated heterocycles. The fraction of sp³-hybridized carbons (Fsp3) is 0. The summed E-state index contributed by atoms with van der Waals surface area (Å²) in [5.74, 6) is 0. The Morgan fingerprint density at radius 1 is 0.581 bits per heavy atom. The highest BCUT2D eigenvalue weighted by atomic mass is 35.5. The Hall–Kier alpha value is -2.70. The van der Waals surface area contributed by atoms with Crippen molar-refractivity contribution in [3.8, 4) is 5.69 Å². The SMILES string of the molecule is Clc1c(Cl)c(Cl)c2c(c1Cl)c1nc3nc4ccccc4nc3nc1n2-c1ccccc1. The minimum atomic E-state index is 0.166. The van der Waals surface area contributed by atoms with Crippen LogP contribution < -0.4 is 0 Å². The quantitative estimate of drug-likeness (QED) is 0.140. The molecule has 5 nitrogen and oxygen atoms in total. The van der Waals surface area contributed by atoms with Gasteiger partial charge in [0.2, 0.25) is 0 Å². The van der Waals surface area contributed by atoms with Crippen molar-refractivity contribution in [1.29, 1.82) is 0 Å². The molecule has 6 rings (SSSR count). The van der Waals surface area contributed by atoms with Gasteiger partial charge in [-0.15, -0.1) is 0 Å². The van der Waals surface area contributed by atoms with Crippen LogP contribution in [0.2, 0.25) is 20.1 Å². The largest absolute Gasteiger partial charge is 0.291 e. The molecule has 0 fully saturated rings. The monoisotopic (exact) mass is 483 g/mol. The van der Waals surface area contributed by atoms with Crippen LogP contribution in [0.5, 0.6) is 0 Å². The molecule has 3 heterocycles. The lowest BCUT2D eigenvalue weighted by molar-refractivity contribution is 1.13. The molecule has 0 radical (unpaired) electrons. The number of aromatic nitrogens is 5. The molecule has 3 aromatic heterocycles. The summed E-state index contributed by atoms with van der Waals surface area (Å²) in [6.07, 6.45) is 0. The summed E-state index contributed by atoms with van der Waals surface area (Å²) in [5, 5.41) is 1.43. The molecule has 3 aromatic carbocycles. The zero-order valence-electron chi connectivity index (χ0n) is 15.4. The second-order valence-corrected chi connectivity index (χ2v) is 8.42. The number of hydrogen-bond donors (Lipinski definition) is 0. The molecule has 6 aromatic rings. The van der Waals surface area contributed by atoms with Gasteiger partial charge in [0.15, 0.2) is 16.9 Å². The minimum absolute atomic E-state index is 0.166. The van der Waals surface area contributed by atoms with E-state index in [2.05, 4.69) is 9.97 Å². The molecular weight excluding hydrogens is 476 g/mol. The number of para-hydroxylation sites is 3. The van der Waals surface area contributed by atoms with Crippen LogP contribution in [0.15, 0.2) is 54.6 Å². The normalized spacial score (nSPS) is 11.9. The van der Waals surface area contributed by atoms with E-state index in [-0.39, 0.29) is 20.1 Å². The molecule has 0 atom stereocenters. The van der Waals surface area contributed by atoms with Crippen LogP contribution in [-0.2, 0) is 0 Å². The summed E-state index contributed by atoms with van der Waals surface area (Å²) in [6, 6.07) is 17.2.